The maximum absolute atomic E-state index is 9.98. The highest BCUT2D eigenvalue weighted by Crippen LogP contribution is 1.83. The van der Waals surface area contributed by atoms with Gasteiger partial charge >= 0.3 is 0 Å². The molecule has 0 fully saturated rings. The number of carboxylic acids is 2. The van der Waals surface area contributed by atoms with Crippen molar-refractivity contribution in [2.45, 2.75) is 6.92 Å². The number of hydrogen-bond acceptors (Lipinski definition) is 5. The Morgan fingerprint density at radius 3 is 1.16 bits per heavy atom. The molecule has 0 rings (SSSR count). The molecule has 0 aromatic heterocycles. The molecule has 0 aliphatic carbocycles. The Morgan fingerprint density at radius 2 is 1.05 bits per heavy atom. The van der Waals surface area contributed by atoms with Crippen LogP contribution >= 0.6 is 0 Å². The molecule has 0 bridgehead atoms. The molecular weight excluding hydrogens is 250 g/mol. The molecule has 0 atom stereocenters. The molecule has 0 amide bonds. The molecule has 0 heterocycles. The average Bonchev–Trinajstić information content (AvgIpc) is 2.13. The third kappa shape index (κ3) is 47.5. The third-order valence-corrected chi connectivity index (χ3v) is 1.15. The molecule has 0 aliphatic heterocycles. The minimum Gasteiger partial charge on any atom is -0.549 e. The van der Waals surface area contributed by atoms with Gasteiger partial charge in [-0.1, -0.05) is 6.92 Å². The van der Waals surface area contributed by atoms with E-state index in [0.717, 1.165) is 0 Å². The number of likely N-dealkylation sites (N-methyl/N-ethyl adjacent to an activating group) is 1. The molecule has 2 N–H and O–H groups in total. The van der Waals surface area contributed by atoms with E-state index in [9.17, 15) is 19.8 Å². The van der Waals surface area contributed by atoms with Crippen molar-refractivity contribution in [1.29, 1.82) is 0 Å². The SMILES string of the molecule is CCN(CC(=O)[O-])CC(=O)[O-].C[NH+](C)C.C[NH+](C)C. The van der Waals surface area contributed by atoms with E-state index in [1.54, 1.807) is 6.92 Å². The molecule has 19 heavy (non-hydrogen) atoms. The van der Waals surface area contributed by atoms with Gasteiger partial charge in [-0.05, 0) is 6.54 Å². The van der Waals surface area contributed by atoms with E-state index >= 15 is 0 Å². The van der Waals surface area contributed by atoms with Crippen molar-refractivity contribution in [3.63, 3.8) is 0 Å². The summed E-state index contributed by atoms with van der Waals surface area (Å²) >= 11 is 0. The monoisotopic (exact) mass is 279 g/mol. The Bertz CT molecular complexity index is 206. The topological polar surface area (TPSA) is 92.4 Å². The van der Waals surface area contributed by atoms with Crippen LogP contribution in [0.2, 0.25) is 0 Å². The van der Waals surface area contributed by atoms with Gasteiger partial charge in [0.25, 0.3) is 0 Å². The van der Waals surface area contributed by atoms with Gasteiger partial charge in [0.2, 0.25) is 0 Å². The number of nitrogens with one attached hydrogen (secondary N) is 2. The summed E-state index contributed by atoms with van der Waals surface area (Å²) in [6.45, 7) is 1.27. The first-order valence-electron chi connectivity index (χ1n) is 6.18. The molecule has 0 saturated heterocycles. The smallest absolute Gasteiger partial charge is 0.0661 e. The fourth-order valence-electron chi connectivity index (χ4n) is 0.645. The second-order valence-corrected chi connectivity index (χ2v) is 5.05. The predicted octanol–water partition coefficient (Wildman–Crippen LogP) is -5.67. The van der Waals surface area contributed by atoms with Crippen LogP contribution in [0.5, 0.6) is 0 Å². The standard InChI is InChI=1S/C6H11NO4.2C3H9N/c1-2-7(3-5(8)9)4-6(10)11;2*1-4(2)3/h2-4H2,1H3,(H,8,9)(H,10,11);2*1-3H3. The first kappa shape index (κ1) is 23.0. The Morgan fingerprint density at radius 1 is 0.842 bits per heavy atom. The van der Waals surface area contributed by atoms with Crippen LogP contribution in [-0.4, -0.2) is 78.8 Å². The second-order valence-electron chi connectivity index (χ2n) is 5.05. The number of rotatable bonds is 5. The number of aliphatic carboxylic acids is 2. The lowest BCUT2D eigenvalue weighted by atomic mass is 10.4. The van der Waals surface area contributed by atoms with Crippen molar-refractivity contribution in [2.24, 2.45) is 0 Å². The first-order chi connectivity index (χ1) is 8.52. The summed E-state index contributed by atoms with van der Waals surface area (Å²) in [7, 11) is 12.5. The van der Waals surface area contributed by atoms with Crippen LogP contribution in [-0.2, 0) is 9.59 Å². The normalized spacial score (nSPS) is 9.58. The van der Waals surface area contributed by atoms with Crippen molar-refractivity contribution in [1.82, 2.24) is 4.90 Å². The van der Waals surface area contributed by atoms with Crippen molar-refractivity contribution >= 4 is 11.9 Å². The summed E-state index contributed by atoms with van der Waals surface area (Å²) in [4.78, 5) is 24.0. The molecule has 7 nitrogen and oxygen atoms in total. The van der Waals surface area contributed by atoms with Crippen LogP contribution in [0.25, 0.3) is 0 Å². The van der Waals surface area contributed by atoms with Gasteiger partial charge in [-0.25, -0.2) is 0 Å². The molecule has 0 radical (unpaired) electrons. The number of carbonyl (C=O) groups is 2. The van der Waals surface area contributed by atoms with Crippen molar-refractivity contribution in [2.75, 3.05) is 61.9 Å². The van der Waals surface area contributed by atoms with Gasteiger partial charge in [-0.15, -0.1) is 0 Å². The molecule has 0 unspecified atom stereocenters. The average molecular weight is 279 g/mol. The lowest BCUT2D eigenvalue weighted by molar-refractivity contribution is -0.836. The van der Waals surface area contributed by atoms with Crippen LogP contribution in [0.4, 0.5) is 0 Å². The van der Waals surface area contributed by atoms with E-state index in [1.807, 2.05) is 0 Å². The summed E-state index contributed by atoms with van der Waals surface area (Å²) in [6.07, 6.45) is 0. The van der Waals surface area contributed by atoms with Gasteiger partial charge in [0.15, 0.2) is 0 Å². The zero-order chi connectivity index (χ0) is 16.0. The predicted molar refractivity (Wildman–Crippen MR) is 69.6 cm³/mol. The largest absolute Gasteiger partial charge is 0.549 e. The molecule has 116 valence electrons. The quantitative estimate of drug-likeness (QED) is 0.523. The summed E-state index contributed by atoms with van der Waals surface area (Å²) < 4.78 is 0. The number of hydrogen-bond donors (Lipinski definition) is 2. The van der Waals surface area contributed by atoms with E-state index < -0.39 is 11.9 Å². The molecule has 0 aromatic rings. The lowest BCUT2D eigenvalue weighted by Crippen LogP contribution is -3.02. The van der Waals surface area contributed by atoms with Gasteiger partial charge in [-0.3, -0.25) is 4.90 Å². The Balaban J connectivity index is -0.000000264. The lowest BCUT2D eigenvalue weighted by Gasteiger charge is -2.20. The number of nitrogens with zero attached hydrogens (tertiary/aromatic N) is 1. The number of carbonyl (C=O) groups excluding carboxylic acids is 2. The fraction of sp³-hybridized carbons (Fsp3) is 0.833. The molecular formula is C12H29N3O4. The van der Waals surface area contributed by atoms with E-state index in [1.165, 1.54) is 14.7 Å². The van der Waals surface area contributed by atoms with Crippen LogP contribution in [0, 0.1) is 0 Å². The summed E-state index contributed by atoms with van der Waals surface area (Å²) in [5, 5.41) is 20.0. The van der Waals surface area contributed by atoms with Gasteiger partial charge in [0, 0.05) is 13.1 Å². The molecule has 7 heteroatoms. The van der Waals surface area contributed by atoms with Gasteiger partial charge < -0.3 is 29.6 Å². The highest BCUT2D eigenvalue weighted by atomic mass is 16.4. The second kappa shape index (κ2) is 14.9. The van der Waals surface area contributed by atoms with E-state index in [4.69, 9.17) is 0 Å². The fourth-order valence-corrected chi connectivity index (χ4v) is 0.645. The maximum Gasteiger partial charge on any atom is 0.0661 e. The van der Waals surface area contributed by atoms with E-state index in [2.05, 4.69) is 42.3 Å². The van der Waals surface area contributed by atoms with Crippen LogP contribution in [0.3, 0.4) is 0 Å². The minimum absolute atomic E-state index is 0.349. The summed E-state index contributed by atoms with van der Waals surface area (Å²) in [6, 6.07) is 0. The summed E-state index contributed by atoms with van der Waals surface area (Å²) in [5.41, 5.74) is 0. The van der Waals surface area contributed by atoms with Crippen molar-refractivity contribution < 1.29 is 29.6 Å². The maximum atomic E-state index is 9.98. The van der Waals surface area contributed by atoms with E-state index in [0.29, 0.717) is 6.54 Å². The van der Waals surface area contributed by atoms with Gasteiger partial charge in [0.1, 0.15) is 0 Å². The Hall–Kier alpha value is -1.18. The van der Waals surface area contributed by atoms with Crippen LogP contribution in [0.15, 0.2) is 0 Å². The minimum atomic E-state index is -1.28. The van der Waals surface area contributed by atoms with Gasteiger partial charge in [-0.2, -0.15) is 0 Å². The first-order valence-corrected chi connectivity index (χ1v) is 6.18. The highest BCUT2D eigenvalue weighted by molar-refractivity contribution is 5.70. The van der Waals surface area contributed by atoms with Crippen molar-refractivity contribution in [3.8, 4) is 0 Å². The number of quaternary nitrogens is 2. The molecule has 0 saturated carbocycles. The Kier molecular flexibility index (Phi) is 18.0. The van der Waals surface area contributed by atoms with Crippen LogP contribution in [0.1, 0.15) is 6.92 Å². The Labute approximate surface area is 116 Å². The number of carboxylic acid groups (broad SMARTS) is 2. The molecule has 0 aromatic carbocycles. The van der Waals surface area contributed by atoms with Gasteiger partial charge in [0.05, 0.1) is 54.2 Å². The zero-order valence-electron chi connectivity index (χ0n) is 13.2. The molecule has 0 spiro atoms. The zero-order valence-corrected chi connectivity index (χ0v) is 13.2. The highest BCUT2D eigenvalue weighted by Gasteiger charge is 2.01. The summed E-state index contributed by atoms with van der Waals surface area (Å²) in [5.74, 6) is -2.57. The van der Waals surface area contributed by atoms with Crippen LogP contribution < -0.4 is 20.0 Å². The molecule has 0 aliphatic rings. The van der Waals surface area contributed by atoms with E-state index in [-0.39, 0.29) is 13.1 Å². The third-order valence-electron chi connectivity index (χ3n) is 1.15. The van der Waals surface area contributed by atoms with Crippen molar-refractivity contribution in [3.05, 3.63) is 0 Å².